The highest BCUT2D eigenvalue weighted by molar-refractivity contribution is 5.78. The number of hydrogen-bond donors (Lipinski definition) is 0. The molecule has 0 aromatic carbocycles. The van der Waals surface area contributed by atoms with E-state index in [1.54, 1.807) is 6.33 Å². The fourth-order valence-electron chi connectivity index (χ4n) is 4.08. The lowest BCUT2D eigenvalue weighted by Gasteiger charge is -2.28. The van der Waals surface area contributed by atoms with Crippen LogP contribution < -0.4 is 0 Å². The van der Waals surface area contributed by atoms with Gasteiger partial charge in [-0.25, -0.2) is 9.97 Å². The second-order valence-corrected chi connectivity index (χ2v) is 7.42. The molecule has 0 spiro atoms. The summed E-state index contributed by atoms with van der Waals surface area (Å²) in [6.45, 7) is 12.2. The van der Waals surface area contributed by atoms with E-state index in [-0.39, 0.29) is 23.7 Å². The van der Waals surface area contributed by atoms with Crippen LogP contribution in [-0.4, -0.2) is 32.5 Å². The average molecular weight is 313 g/mol. The number of hydrogen-bond acceptors (Lipinski definition) is 4. The summed E-state index contributed by atoms with van der Waals surface area (Å²) in [5.41, 5.74) is 1.85. The molecule has 4 atom stereocenters. The van der Waals surface area contributed by atoms with E-state index in [0.29, 0.717) is 0 Å². The molecule has 0 bridgehead atoms. The topological polar surface area (TPSA) is 49.2 Å². The molecule has 4 rings (SSSR count). The van der Waals surface area contributed by atoms with E-state index >= 15 is 0 Å². The first-order valence-corrected chi connectivity index (χ1v) is 8.12. The highest BCUT2D eigenvalue weighted by atomic mass is 16.8. The van der Waals surface area contributed by atoms with E-state index in [1.165, 1.54) is 0 Å². The number of nitrogens with zero attached hydrogens (tertiary/aromatic N) is 3. The minimum atomic E-state index is -0.563. The second kappa shape index (κ2) is 4.65. The third kappa shape index (κ3) is 2.07. The Kier molecular flexibility index (Phi) is 3.00. The minimum Gasteiger partial charge on any atom is -0.344 e. The van der Waals surface area contributed by atoms with Crippen LogP contribution in [0.4, 0.5) is 0 Å². The summed E-state index contributed by atoms with van der Waals surface area (Å²) in [4.78, 5) is 8.79. The van der Waals surface area contributed by atoms with E-state index in [1.807, 2.05) is 26.8 Å². The van der Waals surface area contributed by atoms with Gasteiger partial charge in [-0.1, -0.05) is 13.0 Å². The Hall–Kier alpha value is -1.72. The van der Waals surface area contributed by atoms with Crippen LogP contribution in [0.2, 0.25) is 0 Å². The van der Waals surface area contributed by atoms with E-state index < -0.39 is 5.79 Å². The van der Waals surface area contributed by atoms with Crippen LogP contribution in [0.25, 0.3) is 11.0 Å². The normalized spacial score (nSPS) is 35.6. The zero-order chi connectivity index (χ0) is 16.4. The molecule has 1 aliphatic heterocycles. The molecule has 0 amide bonds. The molecule has 1 saturated heterocycles. The predicted octanol–water partition coefficient (Wildman–Crippen LogP) is 3.40. The van der Waals surface area contributed by atoms with Gasteiger partial charge in [-0.05, 0) is 33.3 Å². The monoisotopic (exact) mass is 313 g/mol. The van der Waals surface area contributed by atoms with Crippen LogP contribution in [-0.2, 0) is 9.47 Å². The largest absolute Gasteiger partial charge is 0.344 e. The lowest BCUT2D eigenvalue weighted by atomic mass is 9.86. The van der Waals surface area contributed by atoms with E-state index in [4.69, 9.17) is 9.47 Å². The minimum absolute atomic E-state index is 0.00104. The third-order valence-electron chi connectivity index (χ3n) is 5.34. The molecule has 2 aromatic heterocycles. The quantitative estimate of drug-likeness (QED) is 0.797. The fraction of sp³-hybridized carbons (Fsp3) is 0.556. The summed E-state index contributed by atoms with van der Waals surface area (Å²) in [5.74, 6) is -0.563. The van der Waals surface area contributed by atoms with Crippen molar-refractivity contribution in [1.82, 2.24) is 14.5 Å². The number of fused-ring (bicyclic) bond motifs is 2. The molecule has 3 heterocycles. The standard InChI is InChI=1S/C18H23N3O2/c1-6-18(5)9-13(14-15(18)23-17(3,4)22-14)21-8-7-12-11(2)19-10-20-16(12)21/h6-8,10,13-15H,1,9H2,2-5H3. The zero-order valence-corrected chi connectivity index (χ0v) is 14.1. The van der Waals surface area contributed by atoms with Crippen LogP contribution in [0, 0.1) is 12.3 Å². The van der Waals surface area contributed by atoms with E-state index in [0.717, 1.165) is 23.1 Å². The first-order chi connectivity index (χ1) is 10.8. The number of aryl methyl sites for hydroxylation is 1. The van der Waals surface area contributed by atoms with Gasteiger partial charge in [-0.15, -0.1) is 6.58 Å². The number of aromatic nitrogens is 3. The zero-order valence-electron chi connectivity index (χ0n) is 14.1. The molecule has 2 aromatic rings. The molecule has 0 N–H and O–H groups in total. The van der Waals surface area contributed by atoms with Crippen molar-refractivity contribution in [2.45, 2.75) is 58.2 Å². The molecular weight excluding hydrogens is 290 g/mol. The van der Waals surface area contributed by atoms with Gasteiger partial charge >= 0.3 is 0 Å². The molecule has 122 valence electrons. The van der Waals surface area contributed by atoms with Crippen molar-refractivity contribution >= 4 is 11.0 Å². The first kappa shape index (κ1) is 14.8. The maximum absolute atomic E-state index is 6.25. The molecule has 1 aliphatic carbocycles. The van der Waals surface area contributed by atoms with Crippen LogP contribution in [0.15, 0.2) is 31.2 Å². The molecule has 5 heteroatoms. The van der Waals surface area contributed by atoms with Crippen LogP contribution in [0.1, 0.15) is 38.9 Å². The summed E-state index contributed by atoms with van der Waals surface area (Å²) in [7, 11) is 0. The molecular formula is C18H23N3O2. The maximum atomic E-state index is 6.25. The highest BCUT2D eigenvalue weighted by Gasteiger charge is 2.59. The lowest BCUT2D eigenvalue weighted by molar-refractivity contribution is -0.164. The Bertz CT molecular complexity index is 782. The average Bonchev–Trinajstić information content (AvgIpc) is 3.12. The van der Waals surface area contributed by atoms with Crippen LogP contribution in [0.5, 0.6) is 0 Å². The van der Waals surface area contributed by atoms with Crippen LogP contribution >= 0.6 is 0 Å². The number of rotatable bonds is 2. The summed E-state index contributed by atoms with van der Waals surface area (Å²) in [6, 6.07) is 2.26. The van der Waals surface area contributed by atoms with Gasteiger partial charge in [0.1, 0.15) is 18.1 Å². The smallest absolute Gasteiger partial charge is 0.163 e. The van der Waals surface area contributed by atoms with Gasteiger partial charge in [0, 0.05) is 17.0 Å². The first-order valence-electron chi connectivity index (χ1n) is 8.12. The van der Waals surface area contributed by atoms with Gasteiger partial charge in [0.2, 0.25) is 0 Å². The van der Waals surface area contributed by atoms with Crippen molar-refractivity contribution in [3.63, 3.8) is 0 Å². The fourth-order valence-corrected chi connectivity index (χ4v) is 4.08. The second-order valence-electron chi connectivity index (χ2n) is 7.42. The Labute approximate surface area is 136 Å². The van der Waals surface area contributed by atoms with E-state index in [2.05, 4.69) is 40.3 Å². The summed E-state index contributed by atoms with van der Waals surface area (Å²) >= 11 is 0. The molecule has 0 radical (unpaired) electrons. The van der Waals surface area contributed by atoms with E-state index in [9.17, 15) is 0 Å². The van der Waals surface area contributed by atoms with Crippen molar-refractivity contribution in [3.05, 3.63) is 36.9 Å². The predicted molar refractivity (Wildman–Crippen MR) is 88.0 cm³/mol. The molecule has 5 nitrogen and oxygen atoms in total. The summed E-state index contributed by atoms with van der Waals surface area (Å²) in [5, 5.41) is 1.09. The molecule has 2 fully saturated rings. The third-order valence-corrected chi connectivity index (χ3v) is 5.34. The Morgan fingerprint density at radius 2 is 2.09 bits per heavy atom. The number of ether oxygens (including phenoxy) is 2. The van der Waals surface area contributed by atoms with Crippen LogP contribution in [0.3, 0.4) is 0 Å². The van der Waals surface area contributed by atoms with Crippen molar-refractivity contribution in [3.8, 4) is 0 Å². The Morgan fingerprint density at radius 1 is 1.30 bits per heavy atom. The van der Waals surface area contributed by atoms with Crippen molar-refractivity contribution < 1.29 is 9.47 Å². The SMILES string of the molecule is C=CC1(C)CC(n2ccc3c(C)ncnc32)C2OC(C)(C)OC21. The van der Waals surface area contributed by atoms with Crippen molar-refractivity contribution in [2.75, 3.05) is 0 Å². The summed E-state index contributed by atoms with van der Waals surface area (Å²) in [6.07, 6.45) is 6.68. The van der Waals surface area contributed by atoms with Gasteiger partial charge in [0.05, 0.1) is 17.8 Å². The van der Waals surface area contributed by atoms with Crippen molar-refractivity contribution in [2.24, 2.45) is 5.41 Å². The van der Waals surface area contributed by atoms with Gasteiger partial charge < -0.3 is 14.0 Å². The van der Waals surface area contributed by atoms with Gasteiger partial charge in [-0.3, -0.25) is 0 Å². The molecule has 23 heavy (non-hydrogen) atoms. The Morgan fingerprint density at radius 3 is 2.83 bits per heavy atom. The van der Waals surface area contributed by atoms with Gasteiger partial charge in [-0.2, -0.15) is 0 Å². The maximum Gasteiger partial charge on any atom is 0.163 e. The Balaban J connectivity index is 1.82. The lowest BCUT2D eigenvalue weighted by Crippen LogP contribution is -2.31. The summed E-state index contributed by atoms with van der Waals surface area (Å²) < 4.78 is 14.7. The molecule has 1 saturated carbocycles. The van der Waals surface area contributed by atoms with Gasteiger partial charge in [0.25, 0.3) is 0 Å². The highest BCUT2D eigenvalue weighted by Crippen LogP contribution is 2.54. The van der Waals surface area contributed by atoms with Gasteiger partial charge in [0.15, 0.2) is 5.79 Å². The van der Waals surface area contributed by atoms with Crippen molar-refractivity contribution in [1.29, 1.82) is 0 Å². The molecule has 2 aliphatic rings. The molecule has 4 unspecified atom stereocenters.